The minimum Gasteiger partial charge on any atom is -0.434 e. The zero-order valence-corrected chi connectivity index (χ0v) is 13.2. The predicted molar refractivity (Wildman–Crippen MR) is 82.5 cm³/mol. The topological polar surface area (TPSA) is 50.4 Å². The lowest BCUT2D eigenvalue weighted by molar-refractivity contribution is -0.125. The van der Waals surface area contributed by atoms with E-state index in [1.807, 2.05) is 6.92 Å². The van der Waals surface area contributed by atoms with E-state index in [2.05, 4.69) is 15.4 Å². The van der Waals surface area contributed by atoms with E-state index in [1.54, 1.807) is 12.1 Å². The first-order chi connectivity index (χ1) is 10.1. The van der Waals surface area contributed by atoms with Gasteiger partial charge in [-0.1, -0.05) is 17.7 Å². The number of nitrogens with one attached hydrogen (secondary N) is 2. The Bertz CT molecular complexity index is 494. The molecule has 1 aliphatic rings. The fraction of sp³-hybridized carbons (Fsp3) is 0.533. The Morgan fingerprint density at radius 2 is 2.09 bits per heavy atom. The van der Waals surface area contributed by atoms with E-state index in [4.69, 9.17) is 0 Å². The van der Waals surface area contributed by atoms with Gasteiger partial charge >= 0.3 is 6.61 Å². The molecule has 2 N–H and O–H groups in total. The highest BCUT2D eigenvalue weighted by molar-refractivity contribution is 5.85. The van der Waals surface area contributed by atoms with Crippen LogP contribution in [0.25, 0.3) is 0 Å². The summed E-state index contributed by atoms with van der Waals surface area (Å²) in [6.45, 7) is 0.869. The molecule has 2 rings (SSSR count). The molecular formula is C15H21ClF2N2O2. The Balaban J connectivity index is 0.00000242. The van der Waals surface area contributed by atoms with Crippen LogP contribution in [0.1, 0.15) is 24.0 Å². The third-order valence-electron chi connectivity index (χ3n) is 3.60. The minimum absolute atomic E-state index is 0. The number of rotatable bonds is 5. The zero-order chi connectivity index (χ0) is 15.2. The van der Waals surface area contributed by atoms with Crippen LogP contribution < -0.4 is 15.4 Å². The van der Waals surface area contributed by atoms with Crippen molar-refractivity contribution in [2.24, 2.45) is 5.92 Å². The van der Waals surface area contributed by atoms with Crippen LogP contribution in [0, 0.1) is 12.8 Å². The lowest BCUT2D eigenvalue weighted by atomic mass is 9.97. The van der Waals surface area contributed by atoms with E-state index in [-0.39, 0.29) is 36.5 Å². The number of amides is 1. The highest BCUT2D eigenvalue weighted by atomic mass is 35.5. The lowest BCUT2D eigenvalue weighted by Crippen LogP contribution is -2.37. The van der Waals surface area contributed by atoms with Gasteiger partial charge in [-0.2, -0.15) is 8.78 Å². The maximum absolute atomic E-state index is 12.4. The molecule has 0 atom stereocenters. The van der Waals surface area contributed by atoms with Crippen molar-refractivity contribution in [3.05, 3.63) is 29.3 Å². The molecule has 0 aliphatic carbocycles. The van der Waals surface area contributed by atoms with Crippen molar-refractivity contribution in [3.8, 4) is 5.75 Å². The third-order valence-corrected chi connectivity index (χ3v) is 3.60. The molecule has 124 valence electrons. The van der Waals surface area contributed by atoms with E-state index >= 15 is 0 Å². The molecule has 0 unspecified atom stereocenters. The summed E-state index contributed by atoms with van der Waals surface area (Å²) in [6, 6.07) is 4.96. The van der Waals surface area contributed by atoms with Gasteiger partial charge in [-0.25, -0.2) is 0 Å². The van der Waals surface area contributed by atoms with Gasteiger partial charge in [0.1, 0.15) is 5.75 Å². The highest BCUT2D eigenvalue weighted by Crippen LogP contribution is 2.22. The predicted octanol–water partition coefficient (Wildman–Crippen LogP) is 2.63. The van der Waals surface area contributed by atoms with E-state index in [0.717, 1.165) is 31.5 Å². The van der Waals surface area contributed by atoms with Gasteiger partial charge in [0.15, 0.2) is 0 Å². The Morgan fingerprint density at radius 3 is 2.73 bits per heavy atom. The average Bonchev–Trinajstić information content (AvgIpc) is 2.47. The SMILES string of the molecule is Cc1ccc(OC(F)F)c(CNC(=O)C2CCNCC2)c1.Cl. The first kappa shape index (κ1) is 18.6. The lowest BCUT2D eigenvalue weighted by Gasteiger charge is -2.22. The summed E-state index contributed by atoms with van der Waals surface area (Å²) in [7, 11) is 0. The fourth-order valence-corrected chi connectivity index (χ4v) is 2.47. The number of alkyl halides is 2. The molecular weight excluding hydrogens is 314 g/mol. The summed E-state index contributed by atoms with van der Waals surface area (Å²) in [4.78, 5) is 12.1. The standard InChI is InChI=1S/C15H20F2N2O2.ClH/c1-10-2-3-13(21-15(16)17)12(8-10)9-19-14(20)11-4-6-18-7-5-11;/h2-3,8,11,15,18H,4-7,9H2,1H3,(H,19,20);1H. The maximum Gasteiger partial charge on any atom is 0.387 e. The van der Waals surface area contributed by atoms with Crippen LogP contribution in [0.5, 0.6) is 5.75 Å². The number of ether oxygens (including phenoxy) is 1. The zero-order valence-electron chi connectivity index (χ0n) is 12.4. The summed E-state index contributed by atoms with van der Waals surface area (Å²) >= 11 is 0. The summed E-state index contributed by atoms with van der Waals surface area (Å²) in [5.74, 6) is 0.0812. The number of hydrogen-bond acceptors (Lipinski definition) is 3. The quantitative estimate of drug-likeness (QED) is 0.870. The van der Waals surface area contributed by atoms with Crippen LogP contribution in [-0.4, -0.2) is 25.6 Å². The Labute approximate surface area is 135 Å². The summed E-state index contributed by atoms with van der Waals surface area (Å²) in [5.41, 5.74) is 1.50. The van der Waals surface area contributed by atoms with E-state index in [0.29, 0.717) is 5.56 Å². The van der Waals surface area contributed by atoms with Gasteiger partial charge in [0.05, 0.1) is 0 Å². The van der Waals surface area contributed by atoms with E-state index < -0.39 is 6.61 Å². The van der Waals surface area contributed by atoms with Crippen molar-refractivity contribution < 1.29 is 18.3 Å². The first-order valence-electron chi connectivity index (χ1n) is 7.09. The van der Waals surface area contributed by atoms with Crippen LogP contribution in [0.4, 0.5) is 8.78 Å². The molecule has 0 bridgehead atoms. The van der Waals surface area contributed by atoms with Crippen molar-refractivity contribution in [2.45, 2.75) is 32.9 Å². The molecule has 1 aromatic carbocycles. The number of halogens is 3. The number of benzene rings is 1. The Hall–Kier alpha value is -1.40. The number of carbonyl (C=O) groups is 1. The van der Waals surface area contributed by atoms with Crippen LogP contribution in [-0.2, 0) is 11.3 Å². The van der Waals surface area contributed by atoms with Crippen LogP contribution in [0.3, 0.4) is 0 Å². The van der Waals surface area contributed by atoms with Gasteiger partial charge in [-0.3, -0.25) is 4.79 Å². The van der Waals surface area contributed by atoms with E-state index in [9.17, 15) is 13.6 Å². The van der Waals surface area contributed by atoms with Crippen molar-refractivity contribution in [3.63, 3.8) is 0 Å². The molecule has 1 saturated heterocycles. The number of hydrogen-bond donors (Lipinski definition) is 2. The van der Waals surface area contributed by atoms with Gasteiger partial charge in [0.2, 0.25) is 5.91 Å². The molecule has 1 fully saturated rings. The summed E-state index contributed by atoms with van der Waals surface area (Å²) in [6.07, 6.45) is 1.61. The Kier molecular flexibility index (Phi) is 7.55. The second kappa shape index (κ2) is 8.90. The van der Waals surface area contributed by atoms with Crippen LogP contribution in [0.15, 0.2) is 18.2 Å². The molecule has 1 heterocycles. The molecule has 7 heteroatoms. The summed E-state index contributed by atoms with van der Waals surface area (Å²) in [5, 5.41) is 6.02. The fourth-order valence-electron chi connectivity index (χ4n) is 2.47. The smallest absolute Gasteiger partial charge is 0.387 e. The highest BCUT2D eigenvalue weighted by Gasteiger charge is 2.21. The van der Waals surface area contributed by atoms with Gasteiger partial charge in [-0.05, 0) is 38.9 Å². The Morgan fingerprint density at radius 1 is 1.41 bits per heavy atom. The van der Waals surface area contributed by atoms with Crippen molar-refractivity contribution in [1.29, 1.82) is 0 Å². The number of carbonyl (C=O) groups excluding carboxylic acids is 1. The molecule has 4 nitrogen and oxygen atoms in total. The molecule has 1 aromatic rings. The first-order valence-corrected chi connectivity index (χ1v) is 7.09. The molecule has 0 spiro atoms. The van der Waals surface area contributed by atoms with Crippen LogP contribution in [0.2, 0.25) is 0 Å². The monoisotopic (exact) mass is 334 g/mol. The third kappa shape index (κ3) is 5.42. The van der Waals surface area contributed by atoms with Gasteiger partial charge in [0.25, 0.3) is 0 Å². The number of piperidine rings is 1. The number of aryl methyl sites for hydroxylation is 1. The molecule has 22 heavy (non-hydrogen) atoms. The normalized spacial score (nSPS) is 15.3. The molecule has 1 amide bonds. The van der Waals surface area contributed by atoms with Crippen LogP contribution >= 0.6 is 12.4 Å². The second-order valence-corrected chi connectivity index (χ2v) is 5.23. The van der Waals surface area contributed by atoms with E-state index in [1.165, 1.54) is 6.07 Å². The molecule has 1 aliphatic heterocycles. The minimum atomic E-state index is -2.87. The van der Waals surface area contributed by atoms with Crippen molar-refractivity contribution >= 4 is 18.3 Å². The van der Waals surface area contributed by atoms with Crippen molar-refractivity contribution in [1.82, 2.24) is 10.6 Å². The summed E-state index contributed by atoms with van der Waals surface area (Å²) < 4.78 is 29.2. The van der Waals surface area contributed by atoms with Crippen molar-refractivity contribution in [2.75, 3.05) is 13.1 Å². The van der Waals surface area contributed by atoms with Gasteiger partial charge < -0.3 is 15.4 Å². The molecule has 0 aromatic heterocycles. The van der Waals surface area contributed by atoms with Gasteiger partial charge in [0, 0.05) is 18.0 Å². The largest absolute Gasteiger partial charge is 0.434 e. The average molecular weight is 335 g/mol. The molecule has 0 radical (unpaired) electrons. The maximum atomic E-state index is 12.4. The van der Waals surface area contributed by atoms with Gasteiger partial charge in [-0.15, -0.1) is 12.4 Å². The second-order valence-electron chi connectivity index (χ2n) is 5.23. The molecule has 0 saturated carbocycles.